The molecule has 0 aromatic heterocycles. The predicted molar refractivity (Wildman–Crippen MR) is 65.7 cm³/mol. The number of hydrogen-bond donors (Lipinski definition) is 1. The third-order valence-corrected chi connectivity index (χ3v) is 3.50. The highest BCUT2D eigenvalue weighted by atomic mass is 16.5. The van der Waals surface area contributed by atoms with Crippen molar-refractivity contribution in [3.05, 3.63) is 0 Å². The first-order valence-corrected chi connectivity index (χ1v) is 6.10. The lowest BCUT2D eigenvalue weighted by Gasteiger charge is -2.39. The van der Waals surface area contributed by atoms with Crippen LogP contribution in [0.5, 0.6) is 0 Å². The Balaban J connectivity index is 2.51. The van der Waals surface area contributed by atoms with Gasteiger partial charge < -0.3 is 20.1 Å². The SMILES string of the molecule is COC(CN)CC(=O)N1CCCC(C)(OC)C1. The number of hydrogen-bond acceptors (Lipinski definition) is 4. The molecule has 1 heterocycles. The number of ether oxygens (including phenoxy) is 2. The van der Waals surface area contributed by atoms with Crippen molar-refractivity contribution < 1.29 is 14.3 Å². The first-order chi connectivity index (χ1) is 8.04. The molecule has 1 amide bonds. The lowest BCUT2D eigenvalue weighted by atomic mass is 9.94. The van der Waals surface area contributed by atoms with E-state index in [1.54, 1.807) is 14.2 Å². The molecule has 2 N–H and O–H groups in total. The maximum Gasteiger partial charge on any atom is 0.225 e. The molecule has 5 nitrogen and oxygen atoms in total. The lowest BCUT2D eigenvalue weighted by Crippen LogP contribution is -2.50. The Morgan fingerprint density at radius 3 is 2.76 bits per heavy atom. The summed E-state index contributed by atoms with van der Waals surface area (Å²) in [7, 11) is 3.28. The molecule has 5 heteroatoms. The molecule has 0 bridgehead atoms. The third-order valence-electron chi connectivity index (χ3n) is 3.50. The van der Waals surface area contributed by atoms with E-state index in [0.29, 0.717) is 19.5 Å². The molecule has 100 valence electrons. The second kappa shape index (κ2) is 6.33. The van der Waals surface area contributed by atoms with Gasteiger partial charge in [0.2, 0.25) is 5.91 Å². The van der Waals surface area contributed by atoms with Gasteiger partial charge in [-0.3, -0.25) is 4.79 Å². The second-order valence-electron chi connectivity index (χ2n) is 4.87. The first-order valence-electron chi connectivity index (χ1n) is 6.10. The molecule has 1 aliphatic heterocycles. The van der Waals surface area contributed by atoms with Crippen molar-refractivity contribution in [3.63, 3.8) is 0 Å². The second-order valence-corrected chi connectivity index (χ2v) is 4.87. The smallest absolute Gasteiger partial charge is 0.225 e. The molecule has 2 unspecified atom stereocenters. The summed E-state index contributed by atoms with van der Waals surface area (Å²) in [6, 6.07) is 0. The summed E-state index contributed by atoms with van der Waals surface area (Å²) in [5.41, 5.74) is 5.31. The molecule has 1 rings (SSSR count). The number of amides is 1. The van der Waals surface area contributed by atoms with Gasteiger partial charge in [0.25, 0.3) is 0 Å². The topological polar surface area (TPSA) is 64.8 Å². The van der Waals surface area contributed by atoms with Gasteiger partial charge in [0, 0.05) is 33.9 Å². The number of likely N-dealkylation sites (tertiary alicyclic amines) is 1. The number of carbonyl (C=O) groups is 1. The van der Waals surface area contributed by atoms with E-state index >= 15 is 0 Å². The predicted octanol–water partition coefficient (Wildman–Crippen LogP) is 0.378. The first kappa shape index (κ1) is 14.4. The van der Waals surface area contributed by atoms with Crippen LogP contribution in [0.1, 0.15) is 26.2 Å². The van der Waals surface area contributed by atoms with Crippen molar-refractivity contribution in [1.82, 2.24) is 4.90 Å². The van der Waals surface area contributed by atoms with E-state index in [4.69, 9.17) is 15.2 Å². The fourth-order valence-electron chi connectivity index (χ4n) is 2.17. The average molecular weight is 244 g/mol. The van der Waals surface area contributed by atoms with Crippen molar-refractivity contribution in [2.75, 3.05) is 33.9 Å². The molecular formula is C12H24N2O3. The van der Waals surface area contributed by atoms with Gasteiger partial charge in [0.1, 0.15) is 0 Å². The van der Waals surface area contributed by atoms with Gasteiger partial charge >= 0.3 is 0 Å². The largest absolute Gasteiger partial charge is 0.380 e. The summed E-state index contributed by atoms with van der Waals surface area (Å²) in [6.45, 7) is 3.88. The minimum Gasteiger partial charge on any atom is -0.380 e. The number of piperidine rings is 1. The maximum absolute atomic E-state index is 12.1. The van der Waals surface area contributed by atoms with Crippen molar-refractivity contribution in [2.24, 2.45) is 5.73 Å². The summed E-state index contributed by atoms with van der Waals surface area (Å²) >= 11 is 0. The monoisotopic (exact) mass is 244 g/mol. The molecule has 0 aromatic rings. The van der Waals surface area contributed by atoms with Crippen molar-refractivity contribution >= 4 is 5.91 Å². The fourth-order valence-corrected chi connectivity index (χ4v) is 2.17. The Kier molecular flexibility index (Phi) is 5.36. The Morgan fingerprint density at radius 1 is 1.53 bits per heavy atom. The number of nitrogens with two attached hydrogens (primary N) is 1. The zero-order chi connectivity index (χ0) is 12.9. The molecule has 2 atom stereocenters. The Bertz CT molecular complexity index is 256. The van der Waals surface area contributed by atoms with E-state index in [-0.39, 0.29) is 17.6 Å². The van der Waals surface area contributed by atoms with Crippen LogP contribution in [0.2, 0.25) is 0 Å². The van der Waals surface area contributed by atoms with Crippen molar-refractivity contribution in [3.8, 4) is 0 Å². The molecule has 17 heavy (non-hydrogen) atoms. The molecule has 1 fully saturated rings. The van der Waals surface area contributed by atoms with Gasteiger partial charge in [-0.1, -0.05) is 0 Å². The normalized spacial score (nSPS) is 26.9. The summed E-state index contributed by atoms with van der Waals surface area (Å²) in [6.07, 6.45) is 2.15. The summed E-state index contributed by atoms with van der Waals surface area (Å²) in [4.78, 5) is 13.9. The molecule has 0 saturated carbocycles. The van der Waals surface area contributed by atoms with E-state index in [1.807, 2.05) is 11.8 Å². The highest BCUT2D eigenvalue weighted by Crippen LogP contribution is 2.24. The van der Waals surface area contributed by atoms with Crippen LogP contribution in [0, 0.1) is 0 Å². The fraction of sp³-hybridized carbons (Fsp3) is 0.917. The van der Waals surface area contributed by atoms with Crippen LogP contribution in [0.15, 0.2) is 0 Å². The van der Waals surface area contributed by atoms with E-state index in [2.05, 4.69) is 0 Å². The third kappa shape index (κ3) is 3.94. The number of rotatable bonds is 5. The molecule has 0 spiro atoms. The summed E-state index contributed by atoms with van der Waals surface area (Å²) < 4.78 is 10.6. The molecule has 1 aliphatic rings. The minimum atomic E-state index is -0.209. The Morgan fingerprint density at radius 2 is 2.24 bits per heavy atom. The number of methoxy groups -OCH3 is 2. The Labute approximate surface area is 103 Å². The van der Waals surface area contributed by atoms with Crippen LogP contribution in [0.4, 0.5) is 0 Å². The molecular weight excluding hydrogens is 220 g/mol. The Hall–Kier alpha value is -0.650. The number of carbonyl (C=O) groups excluding carboxylic acids is 1. The van der Waals surface area contributed by atoms with Crippen molar-refractivity contribution in [2.45, 2.75) is 37.9 Å². The van der Waals surface area contributed by atoms with Crippen molar-refractivity contribution in [1.29, 1.82) is 0 Å². The average Bonchev–Trinajstić information content (AvgIpc) is 2.35. The maximum atomic E-state index is 12.1. The van der Waals surface area contributed by atoms with Crippen LogP contribution in [-0.4, -0.2) is 56.4 Å². The van der Waals surface area contributed by atoms with Gasteiger partial charge in [-0.05, 0) is 19.8 Å². The molecule has 0 aromatic carbocycles. The van der Waals surface area contributed by atoms with Gasteiger partial charge in [-0.25, -0.2) is 0 Å². The number of nitrogens with zero attached hydrogens (tertiary/aromatic N) is 1. The molecule has 1 saturated heterocycles. The van der Waals surface area contributed by atoms with Crippen LogP contribution < -0.4 is 5.73 Å². The van der Waals surface area contributed by atoms with Crippen LogP contribution in [0.3, 0.4) is 0 Å². The van der Waals surface area contributed by atoms with Crippen LogP contribution >= 0.6 is 0 Å². The van der Waals surface area contributed by atoms with Gasteiger partial charge in [-0.15, -0.1) is 0 Å². The van der Waals surface area contributed by atoms with E-state index < -0.39 is 0 Å². The van der Waals surface area contributed by atoms with E-state index in [9.17, 15) is 4.79 Å². The van der Waals surface area contributed by atoms with Gasteiger partial charge in [0.15, 0.2) is 0 Å². The summed E-state index contributed by atoms with van der Waals surface area (Å²) in [5, 5.41) is 0. The van der Waals surface area contributed by atoms with Crippen LogP contribution in [-0.2, 0) is 14.3 Å². The van der Waals surface area contributed by atoms with E-state index in [0.717, 1.165) is 19.4 Å². The quantitative estimate of drug-likeness (QED) is 0.759. The molecule has 0 aliphatic carbocycles. The van der Waals surface area contributed by atoms with E-state index in [1.165, 1.54) is 0 Å². The lowest BCUT2D eigenvalue weighted by molar-refractivity contribution is -0.141. The molecule has 0 radical (unpaired) electrons. The minimum absolute atomic E-state index is 0.102. The van der Waals surface area contributed by atoms with Gasteiger partial charge in [-0.2, -0.15) is 0 Å². The highest BCUT2D eigenvalue weighted by Gasteiger charge is 2.33. The zero-order valence-corrected chi connectivity index (χ0v) is 11.1. The standard InChI is InChI=1S/C12H24N2O3/c1-12(17-3)5-4-6-14(9-12)11(15)7-10(8-13)16-2/h10H,4-9,13H2,1-3H3. The zero-order valence-electron chi connectivity index (χ0n) is 11.1. The summed E-state index contributed by atoms with van der Waals surface area (Å²) in [5.74, 6) is 0.102. The highest BCUT2D eigenvalue weighted by molar-refractivity contribution is 5.77. The van der Waals surface area contributed by atoms with Crippen LogP contribution in [0.25, 0.3) is 0 Å². The van der Waals surface area contributed by atoms with Gasteiger partial charge in [0.05, 0.1) is 18.1 Å².